The third-order valence-corrected chi connectivity index (χ3v) is 2.52. The molecule has 0 saturated carbocycles. The zero-order chi connectivity index (χ0) is 14.4. The van der Waals surface area contributed by atoms with Crippen molar-refractivity contribution in [3.05, 3.63) is 33.4 Å². The van der Waals surface area contributed by atoms with Gasteiger partial charge in [0.05, 0.1) is 24.2 Å². The number of carbonyl (C=O) groups excluding carboxylic acids is 1. The van der Waals surface area contributed by atoms with Crippen LogP contribution in [-0.4, -0.2) is 38.3 Å². The molecule has 0 bridgehead atoms. The molecule has 104 valence electrons. The van der Waals surface area contributed by atoms with E-state index in [1.807, 2.05) is 0 Å². The fraction of sp³-hybridized carbons (Fsp3) is 0.417. The van der Waals surface area contributed by atoms with Crippen LogP contribution >= 0.6 is 0 Å². The summed E-state index contributed by atoms with van der Waals surface area (Å²) in [5.41, 5.74) is 0.416. The van der Waals surface area contributed by atoms with Crippen LogP contribution in [0.3, 0.4) is 0 Å². The van der Waals surface area contributed by atoms with Gasteiger partial charge in [-0.3, -0.25) is 10.1 Å². The highest BCUT2D eigenvalue weighted by Crippen LogP contribution is 2.33. The number of nitrogens with zero attached hydrogens (tertiary/aromatic N) is 1. The molecule has 0 aromatic heterocycles. The van der Waals surface area contributed by atoms with Gasteiger partial charge in [-0.15, -0.1) is 0 Å². The van der Waals surface area contributed by atoms with Crippen LogP contribution in [0.1, 0.15) is 15.9 Å². The second-order valence-corrected chi connectivity index (χ2v) is 3.68. The van der Waals surface area contributed by atoms with Crippen molar-refractivity contribution in [2.24, 2.45) is 0 Å². The van der Waals surface area contributed by atoms with E-state index in [9.17, 15) is 14.9 Å². The minimum absolute atomic E-state index is 0.0601. The van der Waals surface area contributed by atoms with Crippen LogP contribution in [0.2, 0.25) is 0 Å². The average molecular weight is 269 g/mol. The van der Waals surface area contributed by atoms with E-state index in [0.717, 1.165) is 0 Å². The number of esters is 1. The lowest BCUT2D eigenvalue weighted by Crippen LogP contribution is -2.10. The summed E-state index contributed by atoms with van der Waals surface area (Å²) < 4.78 is 14.8. The number of hydrogen-bond donors (Lipinski definition) is 0. The number of nitro benzene ring substituents is 1. The highest BCUT2D eigenvalue weighted by Gasteiger charge is 2.23. The second kappa shape index (κ2) is 6.69. The maximum absolute atomic E-state index is 11.5. The Morgan fingerprint density at radius 1 is 1.32 bits per heavy atom. The summed E-state index contributed by atoms with van der Waals surface area (Å²) in [7, 11) is 2.74. The molecule has 0 spiro atoms. The maximum atomic E-state index is 11.5. The molecule has 0 N–H and O–H groups in total. The van der Waals surface area contributed by atoms with Gasteiger partial charge in [-0.1, -0.05) is 0 Å². The molecule has 0 amide bonds. The van der Waals surface area contributed by atoms with Crippen LogP contribution in [0.15, 0.2) is 12.1 Å². The van der Waals surface area contributed by atoms with Gasteiger partial charge in [0.15, 0.2) is 0 Å². The molecule has 1 aromatic carbocycles. The van der Waals surface area contributed by atoms with Gasteiger partial charge in [0.1, 0.15) is 6.61 Å². The quantitative estimate of drug-likeness (QED) is 0.338. The van der Waals surface area contributed by atoms with E-state index < -0.39 is 10.9 Å². The maximum Gasteiger partial charge on any atom is 0.338 e. The molecule has 0 aliphatic heterocycles. The normalized spacial score (nSPS) is 10.1. The van der Waals surface area contributed by atoms with E-state index in [2.05, 4.69) is 4.74 Å². The molecule has 0 unspecified atom stereocenters. The van der Waals surface area contributed by atoms with E-state index in [-0.39, 0.29) is 23.6 Å². The number of benzene rings is 1. The number of carbonyl (C=O) groups is 1. The van der Waals surface area contributed by atoms with Crippen LogP contribution in [0.4, 0.5) is 5.69 Å². The van der Waals surface area contributed by atoms with Gasteiger partial charge in [0.2, 0.25) is 5.75 Å². The number of methoxy groups -OCH3 is 2. The number of ether oxygens (including phenoxy) is 3. The first kappa shape index (κ1) is 14.9. The van der Waals surface area contributed by atoms with Crippen LogP contribution in [-0.2, 0) is 9.47 Å². The Morgan fingerprint density at radius 2 is 2.00 bits per heavy atom. The summed E-state index contributed by atoms with van der Waals surface area (Å²) in [6.45, 7) is 2.02. The molecular weight excluding hydrogens is 254 g/mol. The summed E-state index contributed by atoms with van der Waals surface area (Å²) in [4.78, 5) is 21.9. The van der Waals surface area contributed by atoms with E-state index in [4.69, 9.17) is 9.47 Å². The first-order valence-electron chi connectivity index (χ1n) is 5.51. The molecule has 1 aromatic rings. The van der Waals surface area contributed by atoms with Crippen molar-refractivity contribution in [3.63, 3.8) is 0 Å². The fourth-order valence-corrected chi connectivity index (χ4v) is 1.56. The van der Waals surface area contributed by atoms with Crippen molar-refractivity contribution >= 4 is 11.7 Å². The first-order valence-corrected chi connectivity index (χ1v) is 5.51. The largest absolute Gasteiger partial charge is 0.484 e. The molecule has 0 aliphatic rings. The van der Waals surface area contributed by atoms with E-state index in [0.29, 0.717) is 12.2 Å². The summed E-state index contributed by atoms with van der Waals surface area (Å²) in [5.74, 6) is -0.506. The Labute approximate surface area is 110 Å². The Hall–Kier alpha value is -2.15. The number of hydrogen-bond acceptors (Lipinski definition) is 6. The first-order chi connectivity index (χ1) is 9.02. The van der Waals surface area contributed by atoms with Crippen molar-refractivity contribution in [2.45, 2.75) is 6.92 Å². The predicted molar refractivity (Wildman–Crippen MR) is 66.5 cm³/mol. The SMILES string of the molecule is COCCOc1c([N+](=O)[O-])ccc(C(=O)OC)c1C. The van der Waals surface area contributed by atoms with Gasteiger partial charge in [0.25, 0.3) is 0 Å². The van der Waals surface area contributed by atoms with Crippen LogP contribution in [0, 0.1) is 17.0 Å². The lowest BCUT2D eigenvalue weighted by atomic mass is 10.1. The lowest BCUT2D eigenvalue weighted by molar-refractivity contribution is -0.385. The Balaban J connectivity index is 3.19. The van der Waals surface area contributed by atoms with Crippen molar-refractivity contribution < 1.29 is 23.9 Å². The highest BCUT2D eigenvalue weighted by molar-refractivity contribution is 5.92. The Bertz CT molecular complexity index is 485. The van der Waals surface area contributed by atoms with Crippen molar-refractivity contribution in [1.29, 1.82) is 0 Å². The topological polar surface area (TPSA) is 87.9 Å². The van der Waals surface area contributed by atoms with Gasteiger partial charge >= 0.3 is 11.7 Å². The molecule has 0 radical (unpaired) electrons. The number of rotatable bonds is 6. The number of nitro groups is 1. The van der Waals surface area contributed by atoms with Crippen LogP contribution in [0.5, 0.6) is 5.75 Å². The molecular formula is C12H15NO6. The highest BCUT2D eigenvalue weighted by atomic mass is 16.6. The van der Waals surface area contributed by atoms with Crippen molar-refractivity contribution in [3.8, 4) is 5.75 Å². The zero-order valence-corrected chi connectivity index (χ0v) is 11.0. The second-order valence-electron chi connectivity index (χ2n) is 3.68. The van der Waals surface area contributed by atoms with Crippen LogP contribution in [0.25, 0.3) is 0 Å². The van der Waals surface area contributed by atoms with Gasteiger partial charge in [-0.05, 0) is 13.0 Å². The minimum Gasteiger partial charge on any atom is -0.484 e. The molecule has 0 saturated heterocycles. The van der Waals surface area contributed by atoms with Gasteiger partial charge in [0, 0.05) is 18.7 Å². The van der Waals surface area contributed by atoms with E-state index >= 15 is 0 Å². The molecule has 19 heavy (non-hydrogen) atoms. The molecule has 0 aliphatic carbocycles. The minimum atomic E-state index is -0.566. The Kier molecular flexibility index (Phi) is 5.25. The summed E-state index contributed by atoms with van der Waals surface area (Å²) >= 11 is 0. The molecule has 7 heteroatoms. The van der Waals surface area contributed by atoms with Crippen molar-refractivity contribution in [1.82, 2.24) is 0 Å². The van der Waals surface area contributed by atoms with Crippen LogP contribution < -0.4 is 4.74 Å². The standard InChI is InChI=1S/C12H15NO6/c1-8-9(12(14)18-3)4-5-10(13(15)16)11(8)19-7-6-17-2/h4-5H,6-7H2,1-3H3. The van der Waals surface area contributed by atoms with E-state index in [1.165, 1.54) is 26.4 Å². The van der Waals surface area contributed by atoms with Gasteiger partial charge in [-0.2, -0.15) is 0 Å². The summed E-state index contributed by atoms with van der Waals surface area (Å²) in [5, 5.41) is 10.9. The van der Waals surface area contributed by atoms with E-state index in [1.54, 1.807) is 6.92 Å². The third kappa shape index (κ3) is 3.41. The molecule has 1 rings (SSSR count). The van der Waals surface area contributed by atoms with Gasteiger partial charge < -0.3 is 14.2 Å². The Morgan fingerprint density at radius 3 is 2.53 bits per heavy atom. The third-order valence-electron chi connectivity index (χ3n) is 2.52. The monoisotopic (exact) mass is 269 g/mol. The zero-order valence-electron chi connectivity index (χ0n) is 11.0. The summed E-state index contributed by atoms with van der Waals surface area (Å²) in [6, 6.07) is 2.57. The average Bonchev–Trinajstić information content (AvgIpc) is 2.39. The molecule has 7 nitrogen and oxygen atoms in total. The summed E-state index contributed by atoms with van der Waals surface area (Å²) in [6.07, 6.45) is 0. The molecule has 0 heterocycles. The fourth-order valence-electron chi connectivity index (χ4n) is 1.56. The molecule has 0 atom stereocenters. The van der Waals surface area contributed by atoms with Crippen molar-refractivity contribution in [2.75, 3.05) is 27.4 Å². The predicted octanol–water partition coefficient (Wildman–Crippen LogP) is 1.72. The van der Waals surface area contributed by atoms with Gasteiger partial charge in [-0.25, -0.2) is 4.79 Å². The lowest BCUT2D eigenvalue weighted by Gasteiger charge is -2.11. The molecule has 0 fully saturated rings. The smallest absolute Gasteiger partial charge is 0.338 e.